The number of rotatable bonds is 5. The van der Waals surface area contributed by atoms with Gasteiger partial charge in [0.1, 0.15) is 5.60 Å². The molecule has 2 amide bonds. The molecular formula is C19H28N4O5. The maximum absolute atomic E-state index is 12.3. The summed E-state index contributed by atoms with van der Waals surface area (Å²) in [5.74, 6) is -0.325. The van der Waals surface area contributed by atoms with Crippen LogP contribution in [0.2, 0.25) is 0 Å². The Hall–Kier alpha value is -2.68. The highest BCUT2D eigenvalue weighted by molar-refractivity contribution is 5.96. The molecule has 28 heavy (non-hydrogen) atoms. The number of benzene rings is 1. The van der Waals surface area contributed by atoms with E-state index in [2.05, 4.69) is 10.2 Å². The van der Waals surface area contributed by atoms with Crippen molar-refractivity contribution >= 4 is 17.7 Å². The lowest BCUT2D eigenvalue weighted by Crippen LogP contribution is -2.51. The van der Waals surface area contributed by atoms with Gasteiger partial charge >= 0.3 is 6.09 Å². The van der Waals surface area contributed by atoms with E-state index in [1.165, 1.54) is 12.1 Å². The van der Waals surface area contributed by atoms with Gasteiger partial charge in [-0.25, -0.2) is 4.79 Å². The Morgan fingerprint density at radius 3 is 2.43 bits per heavy atom. The van der Waals surface area contributed by atoms with Gasteiger partial charge in [0.15, 0.2) is 0 Å². The summed E-state index contributed by atoms with van der Waals surface area (Å²) in [6.45, 7) is 10.7. The smallest absolute Gasteiger partial charge is 0.410 e. The average molecular weight is 392 g/mol. The summed E-state index contributed by atoms with van der Waals surface area (Å²) in [6.07, 6.45) is -0.304. The number of amides is 2. The van der Waals surface area contributed by atoms with Gasteiger partial charge in [-0.15, -0.1) is 0 Å². The third kappa shape index (κ3) is 5.91. The Bertz CT molecular complexity index is 736. The van der Waals surface area contributed by atoms with E-state index in [1.807, 2.05) is 20.8 Å². The van der Waals surface area contributed by atoms with Crippen molar-refractivity contribution in [2.45, 2.75) is 33.3 Å². The molecule has 0 unspecified atom stereocenters. The first-order valence-corrected chi connectivity index (χ1v) is 9.31. The van der Waals surface area contributed by atoms with Crippen LogP contribution in [-0.4, -0.2) is 71.6 Å². The number of hydrogen-bond donors (Lipinski definition) is 1. The molecule has 0 saturated carbocycles. The second-order valence-corrected chi connectivity index (χ2v) is 7.77. The van der Waals surface area contributed by atoms with Crippen molar-refractivity contribution in [2.24, 2.45) is 0 Å². The molecule has 0 aromatic heterocycles. The number of nitro groups is 1. The molecule has 1 aliphatic heterocycles. The van der Waals surface area contributed by atoms with Crippen LogP contribution in [0.5, 0.6) is 0 Å². The number of nitrogens with zero attached hydrogens (tertiary/aromatic N) is 3. The van der Waals surface area contributed by atoms with Gasteiger partial charge in [0.2, 0.25) is 0 Å². The topological polar surface area (TPSA) is 105 Å². The van der Waals surface area contributed by atoms with Crippen LogP contribution in [0.4, 0.5) is 10.5 Å². The fraction of sp³-hybridized carbons (Fsp3) is 0.579. The summed E-state index contributed by atoms with van der Waals surface area (Å²) in [4.78, 5) is 38.8. The molecule has 1 fully saturated rings. The zero-order valence-corrected chi connectivity index (χ0v) is 16.9. The van der Waals surface area contributed by atoms with Crippen molar-refractivity contribution in [1.82, 2.24) is 15.1 Å². The van der Waals surface area contributed by atoms with Gasteiger partial charge in [0.25, 0.3) is 11.6 Å². The first-order chi connectivity index (χ1) is 13.1. The fourth-order valence-electron chi connectivity index (χ4n) is 2.97. The predicted molar refractivity (Wildman–Crippen MR) is 104 cm³/mol. The Balaban J connectivity index is 1.78. The van der Waals surface area contributed by atoms with Gasteiger partial charge in [0.05, 0.1) is 4.92 Å². The van der Waals surface area contributed by atoms with Crippen LogP contribution in [-0.2, 0) is 4.74 Å². The second kappa shape index (κ2) is 9.01. The normalized spacial score (nSPS) is 15.2. The molecule has 0 spiro atoms. The van der Waals surface area contributed by atoms with Crippen LogP contribution < -0.4 is 5.32 Å². The minimum absolute atomic E-state index is 0.0640. The summed E-state index contributed by atoms with van der Waals surface area (Å²) in [7, 11) is 0. The maximum Gasteiger partial charge on any atom is 0.410 e. The van der Waals surface area contributed by atoms with Gasteiger partial charge in [-0.05, 0) is 33.8 Å². The molecule has 1 saturated heterocycles. The molecule has 2 rings (SSSR count). The Morgan fingerprint density at radius 2 is 1.86 bits per heavy atom. The Labute approximate surface area is 164 Å². The van der Waals surface area contributed by atoms with Crippen LogP contribution in [0.3, 0.4) is 0 Å². The average Bonchev–Trinajstić information content (AvgIpc) is 2.60. The second-order valence-electron chi connectivity index (χ2n) is 7.77. The quantitative estimate of drug-likeness (QED) is 0.608. The predicted octanol–water partition coefficient (Wildman–Crippen LogP) is 2.19. The van der Waals surface area contributed by atoms with E-state index in [4.69, 9.17) is 4.74 Å². The molecule has 0 atom stereocenters. The lowest BCUT2D eigenvalue weighted by atomic mass is 10.1. The molecule has 1 N–H and O–H groups in total. The zero-order valence-electron chi connectivity index (χ0n) is 16.9. The van der Waals surface area contributed by atoms with Crippen LogP contribution in [0.15, 0.2) is 18.2 Å². The number of nitrogens with one attached hydrogen (secondary N) is 1. The first-order valence-electron chi connectivity index (χ1n) is 9.31. The van der Waals surface area contributed by atoms with Crippen LogP contribution >= 0.6 is 0 Å². The molecule has 1 aromatic carbocycles. The van der Waals surface area contributed by atoms with E-state index in [9.17, 15) is 19.7 Å². The number of ether oxygens (including phenoxy) is 1. The minimum atomic E-state index is -0.511. The lowest BCUT2D eigenvalue weighted by Gasteiger charge is -2.35. The van der Waals surface area contributed by atoms with E-state index in [-0.39, 0.29) is 17.7 Å². The Kier molecular flexibility index (Phi) is 6.95. The Morgan fingerprint density at radius 1 is 1.21 bits per heavy atom. The highest BCUT2D eigenvalue weighted by atomic mass is 16.6. The van der Waals surface area contributed by atoms with E-state index < -0.39 is 10.5 Å². The van der Waals surface area contributed by atoms with Crippen molar-refractivity contribution in [2.75, 3.05) is 39.3 Å². The highest BCUT2D eigenvalue weighted by Crippen LogP contribution is 2.20. The van der Waals surface area contributed by atoms with E-state index in [1.54, 1.807) is 17.9 Å². The summed E-state index contributed by atoms with van der Waals surface area (Å²) in [6, 6.07) is 4.48. The number of carbonyl (C=O) groups excluding carboxylic acids is 2. The SMILES string of the molecule is Cc1c(C(=O)NCCN2CCN(C(=O)OC(C)(C)C)CC2)cccc1[N+](=O)[O-]. The third-order valence-electron chi connectivity index (χ3n) is 4.48. The largest absolute Gasteiger partial charge is 0.444 e. The van der Waals surface area contributed by atoms with Crippen molar-refractivity contribution in [3.63, 3.8) is 0 Å². The molecule has 0 bridgehead atoms. The van der Waals surface area contributed by atoms with Crippen LogP contribution in [0.1, 0.15) is 36.7 Å². The molecule has 1 aromatic rings. The molecule has 9 heteroatoms. The van der Waals surface area contributed by atoms with Crippen LogP contribution in [0, 0.1) is 17.0 Å². The number of hydrogen-bond acceptors (Lipinski definition) is 6. The monoisotopic (exact) mass is 392 g/mol. The molecular weight excluding hydrogens is 364 g/mol. The highest BCUT2D eigenvalue weighted by Gasteiger charge is 2.25. The standard InChI is InChI=1S/C19H28N4O5/c1-14-15(6-5-7-16(14)23(26)27)17(24)20-8-9-21-10-12-22(13-11-21)18(25)28-19(2,3)4/h5-7H,8-13H2,1-4H3,(H,20,24). The summed E-state index contributed by atoms with van der Waals surface area (Å²) in [5.41, 5.74) is 0.0919. The molecule has 9 nitrogen and oxygen atoms in total. The van der Waals surface area contributed by atoms with E-state index in [0.717, 1.165) is 0 Å². The third-order valence-corrected chi connectivity index (χ3v) is 4.48. The molecule has 1 heterocycles. The van der Waals surface area contributed by atoms with Gasteiger partial charge in [-0.3, -0.25) is 19.8 Å². The first kappa shape index (κ1) is 21.6. The van der Waals surface area contributed by atoms with E-state index in [0.29, 0.717) is 50.4 Å². The van der Waals surface area contributed by atoms with Gasteiger partial charge in [-0.2, -0.15) is 0 Å². The number of nitro benzene ring substituents is 1. The van der Waals surface area contributed by atoms with Gasteiger partial charge < -0.3 is 15.0 Å². The lowest BCUT2D eigenvalue weighted by molar-refractivity contribution is -0.385. The van der Waals surface area contributed by atoms with Crippen LogP contribution in [0.25, 0.3) is 0 Å². The number of carbonyl (C=O) groups is 2. The van der Waals surface area contributed by atoms with Crippen molar-refractivity contribution < 1.29 is 19.2 Å². The molecule has 1 aliphatic rings. The fourth-order valence-corrected chi connectivity index (χ4v) is 2.97. The summed E-state index contributed by atoms with van der Waals surface area (Å²) < 4.78 is 5.38. The van der Waals surface area contributed by atoms with Crippen molar-refractivity contribution in [1.29, 1.82) is 0 Å². The summed E-state index contributed by atoms with van der Waals surface area (Å²) >= 11 is 0. The van der Waals surface area contributed by atoms with E-state index >= 15 is 0 Å². The van der Waals surface area contributed by atoms with Gasteiger partial charge in [0, 0.05) is 56.5 Å². The molecule has 154 valence electrons. The summed E-state index contributed by atoms with van der Waals surface area (Å²) in [5, 5.41) is 13.8. The van der Waals surface area contributed by atoms with Gasteiger partial charge in [-0.1, -0.05) is 6.07 Å². The zero-order chi connectivity index (χ0) is 20.9. The maximum atomic E-state index is 12.3. The molecule has 0 radical (unpaired) electrons. The van der Waals surface area contributed by atoms with Crippen molar-refractivity contribution in [3.8, 4) is 0 Å². The van der Waals surface area contributed by atoms with Crippen molar-refractivity contribution in [3.05, 3.63) is 39.4 Å². The number of piperazine rings is 1. The molecule has 0 aliphatic carbocycles. The minimum Gasteiger partial charge on any atom is -0.444 e.